The van der Waals surface area contributed by atoms with Crippen LogP contribution in [0, 0.1) is 6.92 Å². The standard InChI is InChI=1S/C23H23ClN2O7S2/c1-4-26-23(33-35(30,31)15-8-6-5-7-9-15)17(13-25-26)21(27)16-12-18(24)22-20(14(16)2)19(32-3)10-11-34(22,28)29/h5-9,12-13,19H,4,10-11H2,1-3H3. The number of nitrogens with zero attached hydrogens (tertiary/aromatic N) is 2. The molecule has 2 heterocycles. The fourth-order valence-corrected chi connectivity index (χ4v) is 7.39. The van der Waals surface area contributed by atoms with Crippen molar-refractivity contribution in [2.75, 3.05) is 12.9 Å². The van der Waals surface area contributed by atoms with E-state index < -0.39 is 31.8 Å². The molecule has 0 saturated carbocycles. The van der Waals surface area contributed by atoms with Crippen LogP contribution in [0.15, 0.2) is 52.4 Å². The Morgan fingerprint density at radius 1 is 1.23 bits per heavy atom. The van der Waals surface area contributed by atoms with Crippen LogP contribution >= 0.6 is 11.6 Å². The molecule has 1 aromatic heterocycles. The van der Waals surface area contributed by atoms with E-state index in [1.807, 2.05) is 0 Å². The molecule has 35 heavy (non-hydrogen) atoms. The number of aromatic nitrogens is 2. The summed E-state index contributed by atoms with van der Waals surface area (Å²) in [6.45, 7) is 3.57. The lowest BCUT2D eigenvalue weighted by molar-refractivity contribution is 0.0952. The zero-order chi connectivity index (χ0) is 25.5. The van der Waals surface area contributed by atoms with Crippen LogP contribution in [0.4, 0.5) is 0 Å². The molecule has 0 aliphatic carbocycles. The summed E-state index contributed by atoms with van der Waals surface area (Å²) in [6.07, 6.45) is 0.878. The number of aryl methyl sites for hydroxylation is 1. The summed E-state index contributed by atoms with van der Waals surface area (Å²) in [5, 5.41) is 4.01. The van der Waals surface area contributed by atoms with Crippen molar-refractivity contribution in [1.29, 1.82) is 0 Å². The van der Waals surface area contributed by atoms with Crippen LogP contribution in [-0.2, 0) is 31.2 Å². The largest absolute Gasteiger partial charge is 0.377 e. The van der Waals surface area contributed by atoms with Gasteiger partial charge in [-0.1, -0.05) is 29.8 Å². The summed E-state index contributed by atoms with van der Waals surface area (Å²) in [5.41, 5.74) is 0.714. The Labute approximate surface area is 208 Å². The maximum Gasteiger partial charge on any atom is 0.340 e. The molecule has 0 fully saturated rings. The number of ketones is 1. The van der Waals surface area contributed by atoms with Crippen LogP contribution in [0.1, 0.15) is 46.5 Å². The summed E-state index contributed by atoms with van der Waals surface area (Å²) in [4.78, 5) is 13.5. The zero-order valence-corrected chi connectivity index (χ0v) is 21.6. The van der Waals surface area contributed by atoms with Gasteiger partial charge < -0.3 is 8.92 Å². The van der Waals surface area contributed by atoms with E-state index in [2.05, 4.69) is 5.10 Å². The Bertz CT molecular complexity index is 1510. The molecule has 9 nitrogen and oxygen atoms in total. The third-order valence-electron chi connectivity index (χ3n) is 5.91. The van der Waals surface area contributed by atoms with Gasteiger partial charge >= 0.3 is 10.1 Å². The van der Waals surface area contributed by atoms with E-state index in [-0.39, 0.29) is 50.5 Å². The average Bonchev–Trinajstić information content (AvgIpc) is 3.22. The molecule has 1 atom stereocenters. The molecule has 186 valence electrons. The number of sulfone groups is 1. The topological polar surface area (TPSA) is 122 Å². The molecular weight excluding hydrogens is 516 g/mol. The Morgan fingerprint density at radius 2 is 1.91 bits per heavy atom. The maximum absolute atomic E-state index is 13.7. The lowest BCUT2D eigenvalue weighted by Crippen LogP contribution is -2.24. The van der Waals surface area contributed by atoms with Crippen molar-refractivity contribution >= 4 is 37.3 Å². The zero-order valence-electron chi connectivity index (χ0n) is 19.2. The molecule has 0 saturated heterocycles. The second-order valence-corrected chi connectivity index (χ2v) is 12.0. The van der Waals surface area contributed by atoms with Gasteiger partial charge in [0.15, 0.2) is 15.6 Å². The third-order valence-corrected chi connectivity index (χ3v) is 9.38. The fraction of sp³-hybridized carbons (Fsp3) is 0.304. The van der Waals surface area contributed by atoms with Crippen molar-refractivity contribution in [2.45, 2.75) is 42.7 Å². The van der Waals surface area contributed by atoms with Crippen molar-refractivity contribution in [2.24, 2.45) is 0 Å². The molecule has 0 N–H and O–H groups in total. The number of halogens is 1. The van der Waals surface area contributed by atoms with E-state index in [1.165, 1.54) is 36.2 Å². The predicted octanol–water partition coefficient (Wildman–Crippen LogP) is 3.73. The molecule has 1 aliphatic rings. The molecule has 12 heteroatoms. The van der Waals surface area contributed by atoms with E-state index in [4.69, 9.17) is 20.5 Å². The summed E-state index contributed by atoms with van der Waals surface area (Å²) >= 11 is 6.38. The molecule has 1 aliphatic heterocycles. The minimum Gasteiger partial charge on any atom is -0.377 e. The van der Waals surface area contributed by atoms with Crippen molar-refractivity contribution in [3.8, 4) is 5.88 Å². The van der Waals surface area contributed by atoms with Gasteiger partial charge in [-0.25, -0.2) is 13.1 Å². The molecule has 1 unspecified atom stereocenters. The second kappa shape index (κ2) is 9.38. The van der Waals surface area contributed by atoms with Gasteiger partial charge in [0.25, 0.3) is 0 Å². The molecule has 0 radical (unpaired) electrons. The van der Waals surface area contributed by atoms with Gasteiger partial charge in [-0.2, -0.15) is 13.5 Å². The molecular formula is C23H23ClN2O7S2. The summed E-state index contributed by atoms with van der Waals surface area (Å²) < 4.78 is 63.3. The first kappa shape index (κ1) is 25.4. The summed E-state index contributed by atoms with van der Waals surface area (Å²) in [6, 6.07) is 8.81. The fourth-order valence-electron chi connectivity index (χ4n) is 4.16. The minimum atomic E-state index is -4.25. The van der Waals surface area contributed by atoms with E-state index in [0.29, 0.717) is 11.1 Å². The molecule has 0 amide bonds. The predicted molar refractivity (Wildman–Crippen MR) is 128 cm³/mol. The number of carbonyl (C=O) groups is 1. The van der Waals surface area contributed by atoms with Crippen molar-refractivity contribution < 1.29 is 30.6 Å². The van der Waals surface area contributed by atoms with E-state index in [0.717, 1.165) is 0 Å². The number of hydrogen-bond acceptors (Lipinski definition) is 8. The van der Waals surface area contributed by atoms with Gasteiger partial charge in [-0.05, 0) is 44.0 Å². The first-order chi connectivity index (χ1) is 16.5. The lowest BCUT2D eigenvalue weighted by atomic mass is 9.92. The van der Waals surface area contributed by atoms with Gasteiger partial charge in [-0.15, -0.1) is 0 Å². The monoisotopic (exact) mass is 538 g/mol. The number of fused-ring (bicyclic) bond motifs is 1. The van der Waals surface area contributed by atoms with Gasteiger partial charge in [0, 0.05) is 24.8 Å². The lowest BCUT2D eigenvalue weighted by Gasteiger charge is -2.28. The molecule has 0 bridgehead atoms. The smallest absolute Gasteiger partial charge is 0.340 e. The highest BCUT2D eigenvalue weighted by Gasteiger charge is 2.37. The number of hydrogen-bond donors (Lipinski definition) is 0. The summed E-state index contributed by atoms with van der Waals surface area (Å²) in [7, 11) is -6.45. The Balaban J connectivity index is 1.85. The van der Waals surface area contributed by atoms with Crippen LogP contribution in [0.5, 0.6) is 5.88 Å². The number of methoxy groups -OCH3 is 1. The number of benzene rings is 2. The molecule has 4 rings (SSSR count). The van der Waals surface area contributed by atoms with Gasteiger partial charge in [-0.3, -0.25) is 4.79 Å². The second-order valence-electron chi connectivity index (χ2n) is 7.96. The van der Waals surface area contributed by atoms with Crippen LogP contribution in [0.25, 0.3) is 0 Å². The molecule has 0 spiro atoms. The van der Waals surface area contributed by atoms with E-state index >= 15 is 0 Å². The third kappa shape index (κ3) is 4.49. The quantitative estimate of drug-likeness (QED) is 0.329. The SMILES string of the molecule is CCn1ncc(C(=O)c2cc(Cl)c3c(c2C)C(OC)CCS3(=O)=O)c1OS(=O)(=O)c1ccccc1. The van der Waals surface area contributed by atoms with Gasteiger partial charge in [0.2, 0.25) is 5.88 Å². The highest BCUT2D eigenvalue weighted by molar-refractivity contribution is 7.91. The van der Waals surface area contributed by atoms with Crippen LogP contribution in [0.2, 0.25) is 5.02 Å². The maximum atomic E-state index is 13.7. The van der Waals surface area contributed by atoms with E-state index in [9.17, 15) is 21.6 Å². The Kier molecular flexibility index (Phi) is 6.80. The number of rotatable bonds is 7. The first-order valence-electron chi connectivity index (χ1n) is 10.7. The molecule has 2 aromatic carbocycles. The van der Waals surface area contributed by atoms with Gasteiger partial charge in [0.05, 0.1) is 28.0 Å². The minimum absolute atomic E-state index is 0.0429. The highest BCUT2D eigenvalue weighted by atomic mass is 35.5. The normalized spacial score (nSPS) is 17.1. The number of carbonyl (C=O) groups excluding carboxylic acids is 1. The van der Waals surface area contributed by atoms with Crippen molar-refractivity contribution in [3.63, 3.8) is 0 Å². The van der Waals surface area contributed by atoms with Crippen LogP contribution < -0.4 is 4.18 Å². The Morgan fingerprint density at radius 3 is 2.54 bits per heavy atom. The van der Waals surface area contributed by atoms with Crippen LogP contribution in [-0.4, -0.2) is 45.3 Å². The number of ether oxygens (including phenoxy) is 1. The Hall–Kier alpha value is -2.73. The first-order valence-corrected chi connectivity index (χ1v) is 14.1. The highest BCUT2D eigenvalue weighted by Crippen LogP contribution is 2.42. The van der Waals surface area contributed by atoms with Crippen LogP contribution in [0.3, 0.4) is 0 Å². The van der Waals surface area contributed by atoms with Crippen molar-refractivity contribution in [1.82, 2.24) is 9.78 Å². The van der Waals surface area contributed by atoms with E-state index in [1.54, 1.807) is 32.0 Å². The summed E-state index contributed by atoms with van der Waals surface area (Å²) in [5.74, 6) is -0.975. The molecule has 3 aromatic rings. The van der Waals surface area contributed by atoms with Gasteiger partial charge in [0.1, 0.15) is 10.5 Å². The van der Waals surface area contributed by atoms with Crippen molar-refractivity contribution in [3.05, 3.63) is 69.9 Å². The average molecular weight is 539 g/mol.